The van der Waals surface area contributed by atoms with Gasteiger partial charge in [-0.15, -0.1) is 53.6 Å². The number of aryl methyl sites for hydroxylation is 2. The van der Waals surface area contributed by atoms with E-state index in [1.165, 1.54) is 44.3 Å². The number of furan rings is 1. The molecule has 0 N–H and O–H groups in total. The van der Waals surface area contributed by atoms with Crippen LogP contribution in [0.1, 0.15) is 81.3 Å². The zero-order valence-corrected chi connectivity index (χ0v) is 41.9. The summed E-state index contributed by atoms with van der Waals surface area (Å²) in [7, 11) is -1.35. The molecule has 9 rings (SSSR count). The van der Waals surface area contributed by atoms with Crippen LogP contribution in [0.3, 0.4) is 0 Å². The Hall–Kier alpha value is -5.46. The molecular formula is C56H58IrN4OSi-2. The molecule has 1 radical (unpaired) electrons. The third-order valence-corrected chi connectivity index (χ3v) is 13.8. The van der Waals surface area contributed by atoms with E-state index >= 15 is 0 Å². The molecule has 0 bridgehead atoms. The van der Waals surface area contributed by atoms with E-state index in [9.17, 15) is 0 Å². The normalized spacial score (nSPS) is 11.8. The zero-order chi connectivity index (χ0) is 43.9. The minimum Gasteiger partial charge on any atom is -0.486 e. The van der Waals surface area contributed by atoms with Gasteiger partial charge in [0.1, 0.15) is 0 Å². The number of para-hydroxylation sites is 2. The van der Waals surface area contributed by atoms with Gasteiger partial charge in [0.15, 0.2) is 0 Å². The number of pyridine rings is 2. The molecule has 0 aliphatic rings. The predicted octanol–water partition coefficient (Wildman–Crippen LogP) is 14.6. The Morgan fingerprint density at radius 3 is 2.03 bits per heavy atom. The van der Waals surface area contributed by atoms with E-state index in [0.29, 0.717) is 23.5 Å². The molecular weight excluding hydrogens is 965 g/mol. The number of benzene rings is 5. The first kappa shape index (κ1) is 45.6. The smallest absolute Gasteiger partial charge is 0.216 e. The SMILES string of the molecule is Cc1ccc2c(n1)oc1c(-c3nc4ccccc4n3-c3c(C(C)C)cc(-c4ccccc4)cc3C(C)C)[c-]ccc12.Cc1ccc[c-]c1-c1cc(CC(C)C)c([Si](C)(C)C)cn1.[Ir]. The Bertz CT molecular complexity index is 3020. The zero-order valence-electron chi connectivity index (χ0n) is 38.5. The second kappa shape index (κ2) is 18.7. The van der Waals surface area contributed by atoms with Crippen LogP contribution in [0.2, 0.25) is 19.6 Å². The molecule has 5 nitrogen and oxygen atoms in total. The summed E-state index contributed by atoms with van der Waals surface area (Å²) in [5.41, 5.74) is 16.3. The summed E-state index contributed by atoms with van der Waals surface area (Å²) < 4.78 is 8.78. The Morgan fingerprint density at radius 1 is 0.683 bits per heavy atom. The van der Waals surface area contributed by atoms with Crippen LogP contribution in [0.5, 0.6) is 0 Å². The maximum Gasteiger partial charge on any atom is 0.216 e. The average Bonchev–Trinajstić information content (AvgIpc) is 3.81. The van der Waals surface area contributed by atoms with Crippen LogP contribution in [-0.2, 0) is 26.5 Å². The number of fused-ring (bicyclic) bond motifs is 4. The van der Waals surface area contributed by atoms with Gasteiger partial charge in [0, 0.05) is 43.1 Å². The maximum atomic E-state index is 6.44. The third-order valence-electron chi connectivity index (χ3n) is 11.7. The number of nitrogens with zero attached hydrogens (tertiary/aromatic N) is 4. The molecule has 0 amide bonds. The largest absolute Gasteiger partial charge is 0.486 e. The molecule has 7 heteroatoms. The van der Waals surface area contributed by atoms with E-state index < -0.39 is 8.07 Å². The van der Waals surface area contributed by atoms with Crippen molar-refractivity contribution in [1.29, 1.82) is 0 Å². The van der Waals surface area contributed by atoms with Gasteiger partial charge in [-0.25, -0.2) is 4.98 Å². The number of hydrogen-bond acceptors (Lipinski definition) is 4. The quantitative estimate of drug-likeness (QED) is 0.107. The molecule has 0 saturated heterocycles. The van der Waals surface area contributed by atoms with E-state index in [1.54, 1.807) is 0 Å². The van der Waals surface area contributed by atoms with Gasteiger partial charge in [0.25, 0.3) is 0 Å². The van der Waals surface area contributed by atoms with E-state index in [-0.39, 0.29) is 20.1 Å². The summed E-state index contributed by atoms with van der Waals surface area (Å²) in [6, 6.07) is 47.2. The second-order valence-corrected chi connectivity index (χ2v) is 23.8. The van der Waals surface area contributed by atoms with Gasteiger partial charge < -0.3 is 14.0 Å². The van der Waals surface area contributed by atoms with Crippen LogP contribution in [0.25, 0.3) is 72.6 Å². The molecule has 0 atom stereocenters. The van der Waals surface area contributed by atoms with Crippen LogP contribution in [0.4, 0.5) is 0 Å². The monoisotopic (exact) mass is 1020 g/mol. The van der Waals surface area contributed by atoms with Crippen LogP contribution in [-0.4, -0.2) is 27.6 Å². The van der Waals surface area contributed by atoms with Crippen LogP contribution < -0.4 is 5.19 Å². The van der Waals surface area contributed by atoms with Crippen molar-refractivity contribution in [2.45, 2.75) is 93.3 Å². The van der Waals surface area contributed by atoms with Crippen molar-refractivity contribution in [1.82, 2.24) is 19.5 Å². The Morgan fingerprint density at radius 2 is 1.37 bits per heavy atom. The van der Waals surface area contributed by atoms with E-state index in [0.717, 1.165) is 62.1 Å². The fourth-order valence-corrected chi connectivity index (χ4v) is 10.2. The number of hydrogen-bond donors (Lipinski definition) is 0. The summed E-state index contributed by atoms with van der Waals surface area (Å²) in [6.07, 6.45) is 3.25. The molecule has 9 aromatic rings. The minimum absolute atomic E-state index is 0. The number of imidazole rings is 1. The molecule has 0 fully saturated rings. The van der Waals surface area contributed by atoms with Crippen LogP contribution >= 0.6 is 0 Å². The van der Waals surface area contributed by atoms with Gasteiger partial charge in [0.2, 0.25) is 5.71 Å². The molecule has 0 unspecified atom stereocenters. The van der Waals surface area contributed by atoms with Gasteiger partial charge in [0.05, 0.1) is 30.5 Å². The van der Waals surface area contributed by atoms with Gasteiger partial charge >= 0.3 is 0 Å². The number of rotatable bonds is 9. The van der Waals surface area contributed by atoms with Crippen molar-refractivity contribution >= 4 is 46.4 Å². The fourth-order valence-electron chi connectivity index (χ4n) is 8.63. The van der Waals surface area contributed by atoms with E-state index in [2.05, 4.69) is 181 Å². The van der Waals surface area contributed by atoms with Crippen molar-refractivity contribution in [2.75, 3.05) is 0 Å². The van der Waals surface area contributed by atoms with Crippen LogP contribution in [0, 0.1) is 31.9 Å². The first-order valence-corrected chi connectivity index (χ1v) is 25.6. The summed E-state index contributed by atoms with van der Waals surface area (Å²) in [5, 5.41) is 3.52. The minimum atomic E-state index is -1.35. The van der Waals surface area contributed by atoms with Crippen molar-refractivity contribution in [3.05, 3.63) is 162 Å². The topological polar surface area (TPSA) is 56.7 Å². The first-order chi connectivity index (χ1) is 29.7. The molecule has 63 heavy (non-hydrogen) atoms. The molecule has 0 saturated carbocycles. The standard InChI is InChI=1S/C37H32N3O.C19H26NSi.Ir/c1-22(2)30-20-26(25-12-7-6-8-13-25)21-31(23(3)4)34(30)40-33-17-10-9-16-32(33)39-36(40)29-15-11-14-27-28-19-18-24(5)38-37(28)41-35(27)29;1-14(2)11-16-12-18(17-10-8-7-9-15(17)3)20-13-19(16)21(4,5)6;/h6-14,16-23H,1-5H3;7-9,12-14H,11H2,1-6H3;/q2*-1;. The number of aromatic nitrogens is 4. The third kappa shape index (κ3) is 9.29. The molecule has 4 heterocycles. The van der Waals surface area contributed by atoms with Crippen LogP contribution in [0.15, 0.2) is 126 Å². The molecule has 0 spiro atoms. The van der Waals surface area contributed by atoms with Crippen molar-refractivity contribution in [2.24, 2.45) is 5.92 Å². The summed E-state index contributed by atoms with van der Waals surface area (Å²) >= 11 is 0. The average molecular weight is 1020 g/mol. The van der Waals surface area contributed by atoms with Gasteiger partial charge in [-0.05, 0) is 101 Å². The molecule has 4 aromatic heterocycles. The molecule has 0 aliphatic heterocycles. The fraction of sp³-hybridized carbons (Fsp3) is 0.268. The molecule has 323 valence electrons. The van der Waals surface area contributed by atoms with Crippen molar-refractivity contribution < 1.29 is 24.5 Å². The predicted molar refractivity (Wildman–Crippen MR) is 264 cm³/mol. The Kier molecular flexibility index (Phi) is 13.5. The Labute approximate surface area is 388 Å². The van der Waals surface area contributed by atoms with Crippen molar-refractivity contribution in [3.8, 4) is 39.5 Å². The second-order valence-electron chi connectivity index (χ2n) is 18.7. The Balaban J connectivity index is 0.000000229. The summed E-state index contributed by atoms with van der Waals surface area (Å²) in [6.45, 7) is 25.0. The molecule has 5 aromatic carbocycles. The summed E-state index contributed by atoms with van der Waals surface area (Å²) in [4.78, 5) is 14.7. The maximum absolute atomic E-state index is 6.44. The first-order valence-electron chi connectivity index (χ1n) is 22.1. The van der Waals surface area contributed by atoms with Gasteiger partial charge in [-0.2, -0.15) is 0 Å². The molecule has 0 aliphatic carbocycles. The summed E-state index contributed by atoms with van der Waals surface area (Å²) in [5.74, 6) is 2.07. The van der Waals surface area contributed by atoms with E-state index in [4.69, 9.17) is 14.4 Å². The van der Waals surface area contributed by atoms with Crippen molar-refractivity contribution in [3.63, 3.8) is 0 Å². The van der Waals surface area contributed by atoms with Gasteiger partial charge in [-0.3, -0.25) is 4.98 Å². The van der Waals surface area contributed by atoms with Gasteiger partial charge in [-0.1, -0.05) is 133 Å². The van der Waals surface area contributed by atoms with E-state index in [1.807, 2.05) is 37.3 Å².